The van der Waals surface area contributed by atoms with E-state index in [2.05, 4.69) is 24.5 Å². The summed E-state index contributed by atoms with van der Waals surface area (Å²) >= 11 is 10.8. The molecule has 0 bridgehead atoms. The predicted molar refractivity (Wildman–Crippen MR) is 75.1 cm³/mol. The van der Waals surface area contributed by atoms with Crippen LogP contribution < -0.4 is 10.6 Å². The Morgan fingerprint density at radius 3 is 2.82 bits per heavy atom. The van der Waals surface area contributed by atoms with E-state index in [0.717, 1.165) is 12.8 Å². The highest BCUT2D eigenvalue weighted by molar-refractivity contribution is 7.80. The van der Waals surface area contributed by atoms with Crippen LogP contribution in [0.15, 0.2) is 18.2 Å². The molecule has 94 valence electrons. The monoisotopic (exact) mass is 274 g/mol. The van der Waals surface area contributed by atoms with Crippen molar-refractivity contribution in [2.75, 3.05) is 5.32 Å². The molecule has 0 spiro atoms. The normalized spacial score (nSPS) is 12.0. The Bertz CT molecular complexity index is 398. The van der Waals surface area contributed by atoms with E-state index in [1.54, 1.807) is 6.07 Å². The van der Waals surface area contributed by atoms with Crippen molar-refractivity contribution in [3.05, 3.63) is 29.0 Å². The lowest BCUT2D eigenvalue weighted by Crippen LogP contribution is -2.35. The van der Waals surface area contributed by atoms with Crippen molar-refractivity contribution in [3.8, 4) is 0 Å². The average molecular weight is 275 g/mol. The molecule has 0 saturated heterocycles. The van der Waals surface area contributed by atoms with Gasteiger partial charge in [0.15, 0.2) is 5.11 Å². The van der Waals surface area contributed by atoms with E-state index < -0.39 is 5.82 Å². The summed E-state index contributed by atoms with van der Waals surface area (Å²) in [7, 11) is 0. The Balaban J connectivity index is 2.53. The fourth-order valence-electron chi connectivity index (χ4n) is 1.47. The maximum atomic E-state index is 12.9. The minimum absolute atomic E-state index is 0.0828. The van der Waals surface area contributed by atoms with Gasteiger partial charge in [-0.05, 0) is 43.8 Å². The molecule has 0 unspecified atom stereocenters. The molecule has 0 heterocycles. The molecule has 0 amide bonds. The second kappa shape index (κ2) is 6.77. The first-order valence-corrected chi connectivity index (χ1v) is 6.34. The summed E-state index contributed by atoms with van der Waals surface area (Å²) in [6.45, 7) is 4.18. The Hall–Kier alpha value is -0.870. The molecule has 0 saturated carbocycles. The van der Waals surface area contributed by atoms with Crippen molar-refractivity contribution in [2.24, 2.45) is 0 Å². The summed E-state index contributed by atoms with van der Waals surface area (Å²) in [5.41, 5.74) is 0.678. The molecule has 5 heteroatoms. The zero-order valence-corrected chi connectivity index (χ0v) is 11.5. The van der Waals surface area contributed by atoms with E-state index in [-0.39, 0.29) is 5.02 Å². The number of hydrogen-bond donors (Lipinski definition) is 2. The summed E-state index contributed by atoms with van der Waals surface area (Å²) in [5.74, 6) is -0.435. The minimum atomic E-state index is -0.435. The molecule has 1 atom stereocenters. The molecule has 1 aromatic carbocycles. The van der Waals surface area contributed by atoms with Crippen LogP contribution in [0.5, 0.6) is 0 Å². The summed E-state index contributed by atoms with van der Waals surface area (Å²) < 4.78 is 12.9. The fraction of sp³-hybridized carbons (Fsp3) is 0.417. The Morgan fingerprint density at radius 2 is 2.24 bits per heavy atom. The maximum Gasteiger partial charge on any atom is 0.170 e. The zero-order chi connectivity index (χ0) is 12.8. The molecule has 0 fully saturated rings. The van der Waals surface area contributed by atoms with Gasteiger partial charge in [0.05, 0.1) is 5.02 Å². The molecule has 1 rings (SSSR count). The van der Waals surface area contributed by atoms with Gasteiger partial charge in [0.25, 0.3) is 0 Å². The van der Waals surface area contributed by atoms with Crippen molar-refractivity contribution < 1.29 is 4.39 Å². The molecular weight excluding hydrogens is 259 g/mol. The van der Waals surface area contributed by atoms with Gasteiger partial charge in [0.2, 0.25) is 0 Å². The van der Waals surface area contributed by atoms with Gasteiger partial charge < -0.3 is 10.6 Å². The summed E-state index contributed by atoms with van der Waals surface area (Å²) in [4.78, 5) is 0. The lowest BCUT2D eigenvalue weighted by molar-refractivity contribution is 0.599. The van der Waals surface area contributed by atoms with Crippen molar-refractivity contribution in [1.29, 1.82) is 0 Å². The van der Waals surface area contributed by atoms with Gasteiger partial charge in [-0.2, -0.15) is 0 Å². The third-order valence-corrected chi connectivity index (χ3v) is 2.79. The van der Waals surface area contributed by atoms with Crippen molar-refractivity contribution >= 4 is 34.6 Å². The first kappa shape index (κ1) is 14.2. The Kier molecular flexibility index (Phi) is 5.65. The van der Waals surface area contributed by atoms with Gasteiger partial charge in [-0.1, -0.05) is 24.9 Å². The van der Waals surface area contributed by atoms with E-state index in [4.69, 9.17) is 23.8 Å². The smallest absolute Gasteiger partial charge is 0.170 e. The summed E-state index contributed by atoms with van der Waals surface area (Å²) in [5, 5.41) is 6.72. The molecule has 0 aliphatic rings. The lowest BCUT2D eigenvalue weighted by atomic mass is 10.2. The average Bonchev–Trinajstić information content (AvgIpc) is 2.23. The van der Waals surface area contributed by atoms with Crippen LogP contribution in [0.25, 0.3) is 0 Å². The first-order valence-electron chi connectivity index (χ1n) is 5.55. The molecule has 0 aliphatic carbocycles. The van der Waals surface area contributed by atoms with Crippen LogP contribution in [-0.2, 0) is 0 Å². The Morgan fingerprint density at radius 1 is 1.53 bits per heavy atom. The number of nitrogens with one attached hydrogen (secondary N) is 2. The number of anilines is 1. The predicted octanol–water partition coefficient (Wildman–Crippen LogP) is 3.95. The number of hydrogen-bond acceptors (Lipinski definition) is 1. The van der Waals surface area contributed by atoms with Crippen molar-refractivity contribution in [3.63, 3.8) is 0 Å². The second-order valence-electron chi connectivity index (χ2n) is 3.92. The van der Waals surface area contributed by atoms with Crippen molar-refractivity contribution in [1.82, 2.24) is 5.32 Å². The van der Waals surface area contributed by atoms with Gasteiger partial charge in [0.1, 0.15) is 5.82 Å². The van der Waals surface area contributed by atoms with Gasteiger partial charge in [-0.15, -0.1) is 0 Å². The topological polar surface area (TPSA) is 24.1 Å². The number of thiocarbonyl (C=S) groups is 1. The summed E-state index contributed by atoms with van der Waals surface area (Å²) in [6, 6.07) is 4.73. The largest absolute Gasteiger partial charge is 0.360 e. The van der Waals surface area contributed by atoms with Crippen molar-refractivity contribution in [2.45, 2.75) is 32.7 Å². The first-order chi connectivity index (χ1) is 8.02. The highest BCUT2D eigenvalue weighted by Gasteiger charge is 2.05. The molecule has 0 aromatic heterocycles. The lowest BCUT2D eigenvalue weighted by Gasteiger charge is -2.16. The highest BCUT2D eigenvalue weighted by atomic mass is 35.5. The number of rotatable bonds is 4. The second-order valence-corrected chi connectivity index (χ2v) is 4.73. The van der Waals surface area contributed by atoms with Crippen LogP contribution in [-0.4, -0.2) is 11.2 Å². The molecule has 0 aliphatic heterocycles. The minimum Gasteiger partial charge on any atom is -0.360 e. The number of halogens is 2. The molecule has 17 heavy (non-hydrogen) atoms. The van der Waals surface area contributed by atoms with Gasteiger partial charge in [-0.3, -0.25) is 0 Å². The van der Waals surface area contributed by atoms with Crippen LogP contribution in [0.3, 0.4) is 0 Å². The molecule has 2 nitrogen and oxygen atoms in total. The quantitative estimate of drug-likeness (QED) is 0.813. The third kappa shape index (κ3) is 4.88. The Labute approximate surface area is 112 Å². The molecular formula is C12H16ClFN2S. The van der Waals surface area contributed by atoms with Crippen LogP contribution in [0.4, 0.5) is 10.1 Å². The van der Waals surface area contributed by atoms with Gasteiger partial charge in [0, 0.05) is 11.7 Å². The standard InChI is InChI=1S/C12H16ClFN2S/c1-3-4-8(2)15-12(17)16-9-5-6-11(14)10(13)7-9/h5-8H,3-4H2,1-2H3,(H2,15,16,17)/t8-/m0/s1. The zero-order valence-electron chi connectivity index (χ0n) is 9.89. The van der Waals surface area contributed by atoms with Crippen LogP contribution in [0.1, 0.15) is 26.7 Å². The molecule has 0 radical (unpaired) electrons. The van der Waals surface area contributed by atoms with Gasteiger partial charge in [-0.25, -0.2) is 4.39 Å². The van der Waals surface area contributed by atoms with E-state index in [1.807, 2.05) is 0 Å². The van der Waals surface area contributed by atoms with E-state index >= 15 is 0 Å². The molecule has 1 aromatic rings. The molecule has 2 N–H and O–H groups in total. The van der Waals surface area contributed by atoms with E-state index in [0.29, 0.717) is 16.8 Å². The van der Waals surface area contributed by atoms with Crippen LogP contribution in [0.2, 0.25) is 5.02 Å². The maximum absolute atomic E-state index is 12.9. The summed E-state index contributed by atoms with van der Waals surface area (Å²) in [6.07, 6.45) is 2.14. The van der Waals surface area contributed by atoms with E-state index in [1.165, 1.54) is 12.1 Å². The highest BCUT2D eigenvalue weighted by Crippen LogP contribution is 2.19. The van der Waals surface area contributed by atoms with Crippen LogP contribution in [0, 0.1) is 5.82 Å². The van der Waals surface area contributed by atoms with Crippen LogP contribution >= 0.6 is 23.8 Å². The SMILES string of the molecule is CCC[C@H](C)NC(=S)Nc1ccc(F)c(Cl)c1. The third-order valence-electron chi connectivity index (χ3n) is 2.28. The fourth-order valence-corrected chi connectivity index (χ4v) is 1.97. The number of benzene rings is 1. The van der Waals surface area contributed by atoms with Gasteiger partial charge >= 0.3 is 0 Å². The van der Waals surface area contributed by atoms with E-state index in [9.17, 15) is 4.39 Å².